The van der Waals surface area contributed by atoms with Crippen molar-refractivity contribution in [3.63, 3.8) is 0 Å². The second kappa shape index (κ2) is 13.4. The highest BCUT2D eigenvalue weighted by molar-refractivity contribution is 7.80. The van der Waals surface area contributed by atoms with Gasteiger partial charge in [0.2, 0.25) is 23.6 Å². The van der Waals surface area contributed by atoms with Crippen LogP contribution in [0.2, 0.25) is 0 Å². The molecule has 4 unspecified atom stereocenters. The summed E-state index contributed by atoms with van der Waals surface area (Å²) in [5.41, 5.74) is 10.6. The summed E-state index contributed by atoms with van der Waals surface area (Å²) in [6.45, 7) is 1.33. The molecule has 0 spiro atoms. The van der Waals surface area contributed by atoms with E-state index >= 15 is 0 Å². The van der Waals surface area contributed by atoms with Crippen LogP contribution in [0.15, 0.2) is 0 Å². The summed E-state index contributed by atoms with van der Waals surface area (Å²) in [7, 11) is 0. The van der Waals surface area contributed by atoms with Gasteiger partial charge in [-0.25, -0.2) is 4.79 Å². The normalized spacial score (nSPS) is 14.5. The van der Waals surface area contributed by atoms with Gasteiger partial charge >= 0.3 is 11.9 Å². The predicted octanol–water partition coefficient (Wildman–Crippen LogP) is -3.07. The molecule has 0 aromatic heterocycles. The number of carboxylic acids is 2. The molecule has 0 saturated carbocycles. The molecule has 0 fully saturated rings. The van der Waals surface area contributed by atoms with Gasteiger partial charge in [0, 0.05) is 18.6 Å². The fourth-order valence-electron chi connectivity index (χ4n) is 2.12. The van der Waals surface area contributed by atoms with Gasteiger partial charge in [-0.2, -0.15) is 12.6 Å². The molecule has 4 atom stereocenters. The Hall–Kier alpha value is -2.87. The van der Waals surface area contributed by atoms with Crippen LogP contribution in [-0.2, 0) is 28.8 Å². The molecule has 14 heteroatoms. The van der Waals surface area contributed by atoms with Crippen molar-refractivity contribution in [1.29, 1.82) is 0 Å². The van der Waals surface area contributed by atoms with Crippen LogP contribution in [-0.4, -0.2) is 75.7 Å². The van der Waals surface area contributed by atoms with Gasteiger partial charge in [0.15, 0.2) is 0 Å². The summed E-state index contributed by atoms with van der Waals surface area (Å²) in [4.78, 5) is 69.4. The highest BCUT2D eigenvalue weighted by Crippen LogP contribution is 2.03. The zero-order valence-corrected chi connectivity index (χ0v) is 17.2. The molecule has 0 rings (SSSR count). The minimum absolute atomic E-state index is 0.0384. The van der Waals surface area contributed by atoms with Crippen LogP contribution in [0.4, 0.5) is 0 Å². The maximum absolute atomic E-state index is 12.4. The van der Waals surface area contributed by atoms with Crippen molar-refractivity contribution < 1.29 is 39.0 Å². The first-order valence-electron chi connectivity index (χ1n) is 8.89. The van der Waals surface area contributed by atoms with E-state index in [1.54, 1.807) is 0 Å². The Morgan fingerprint density at radius 2 is 1.40 bits per heavy atom. The Balaban J connectivity index is 5.18. The zero-order chi connectivity index (χ0) is 23.4. The van der Waals surface area contributed by atoms with E-state index in [9.17, 15) is 28.8 Å². The third-order valence-electron chi connectivity index (χ3n) is 3.86. The van der Waals surface area contributed by atoms with Crippen molar-refractivity contribution in [1.82, 2.24) is 16.0 Å². The van der Waals surface area contributed by atoms with Crippen LogP contribution in [0.1, 0.15) is 32.6 Å². The van der Waals surface area contributed by atoms with Gasteiger partial charge in [-0.05, 0) is 19.8 Å². The number of hydrogen-bond donors (Lipinski definition) is 8. The molecule has 9 N–H and O–H groups in total. The molecule has 0 heterocycles. The number of rotatable bonds is 14. The number of primary amides is 1. The van der Waals surface area contributed by atoms with Crippen molar-refractivity contribution in [3.05, 3.63) is 0 Å². The molecule has 0 saturated heterocycles. The Bertz CT molecular complexity index is 674. The smallest absolute Gasteiger partial charge is 0.326 e. The molecule has 0 aliphatic carbocycles. The van der Waals surface area contributed by atoms with Crippen LogP contribution in [0.5, 0.6) is 0 Å². The molecule has 0 bridgehead atoms. The lowest BCUT2D eigenvalue weighted by molar-refractivity contribution is -0.143. The topological polar surface area (TPSA) is 231 Å². The molecule has 4 amide bonds. The lowest BCUT2D eigenvalue weighted by atomic mass is 10.1. The molecule has 13 nitrogen and oxygen atoms in total. The molecule has 0 aromatic carbocycles. The van der Waals surface area contributed by atoms with Crippen molar-refractivity contribution >= 4 is 48.2 Å². The second-order valence-electron chi connectivity index (χ2n) is 6.42. The van der Waals surface area contributed by atoms with Crippen molar-refractivity contribution in [2.75, 3.05) is 5.75 Å². The van der Waals surface area contributed by atoms with Gasteiger partial charge in [0.1, 0.15) is 18.1 Å². The van der Waals surface area contributed by atoms with Gasteiger partial charge in [0.05, 0.1) is 6.04 Å². The Morgan fingerprint density at radius 1 is 0.867 bits per heavy atom. The van der Waals surface area contributed by atoms with Crippen LogP contribution < -0.4 is 27.4 Å². The van der Waals surface area contributed by atoms with E-state index in [1.165, 1.54) is 6.92 Å². The summed E-state index contributed by atoms with van der Waals surface area (Å²) < 4.78 is 0. The van der Waals surface area contributed by atoms with E-state index in [2.05, 4.69) is 28.6 Å². The van der Waals surface area contributed by atoms with Gasteiger partial charge in [-0.15, -0.1) is 0 Å². The number of nitrogens with one attached hydrogen (secondary N) is 3. The summed E-state index contributed by atoms with van der Waals surface area (Å²) in [6.07, 6.45) is -1.43. The third-order valence-corrected chi connectivity index (χ3v) is 4.25. The Morgan fingerprint density at radius 3 is 1.87 bits per heavy atom. The van der Waals surface area contributed by atoms with E-state index in [0.717, 1.165) is 0 Å². The lowest BCUT2D eigenvalue weighted by Crippen LogP contribution is -2.56. The number of amides is 4. The second-order valence-corrected chi connectivity index (χ2v) is 6.78. The SMILES string of the molecule is CC(NC(=O)C(N)CS)C(=O)NC(CCC(N)=O)C(=O)NC(CCC(=O)O)C(=O)O. The largest absolute Gasteiger partial charge is 0.481 e. The molecular formula is C16H27N5O8S. The van der Waals surface area contributed by atoms with Crippen LogP contribution in [0, 0.1) is 0 Å². The third kappa shape index (κ3) is 10.6. The van der Waals surface area contributed by atoms with Gasteiger partial charge in [-0.1, -0.05) is 0 Å². The zero-order valence-electron chi connectivity index (χ0n) is 16.3. The number of carbonyl (C=O) groups excluding carboxylic acids is 4. The minimum atomic E-state index is -1.52. The molecule has 0 aliphatic heterocycles. The highest BCUT2D eigenvalue weighted by Gasteiger charge is 2.29. The van der Waals surface area contributed by atoms with E-state index in [0.29, 0.717) is 0 Å². The maximum Gasteiger partial charge on any atom is 0.326 e. The number of hydrogen-bond acceptors (Lipinski definition) is 8. The predicted molar refractivity (Wildman–Crippen MR) is 106 cm³/mol. The number of aliphatic carboxylic acids is 2. The van der Waals surface area contributed by atoms with Gasteiger partial charge in [-0.3, -0.25) is 24.0 Å². The number of nitrogens with two attached hydrogens (primary N) is 2. The molecule has 0 aromatic rings. The fourth-order valence-corrected chi connectivity index (χ4v) is 2.28. The first kappa shape index (κ1) is 27.1. The monoisotopic (exact) mass is 449 g/mol. The Labute approximate surface area is 177 Å². The van der Waals surface area contributed by atoms with Crippen LogP contribution >= 0.6 is 12.6 Å². The van der Waals surface area contributed by atoms with E-state index in [-0.39, 0.29) is 25.0 Å². The summed E-state index contributed by atoms with van der Waals surface area (Å²) >= 11 is 3.87. The highest BCUT2D eigenvalue weighted by atomic mass is 32.1. The summed E-state index contributed by atoms with van der Waals surface area (Å²) in [6, 6.07) is -4.93. The van der Waals surface area contributed by atoms with Gasteiger partial charge < -0.3 is 37.6 Å². The standard InChI is InChI=1S/C16H27N5O8S/c1-7(19-14(26)8(17)6-30)13(25)20-9(2-4-11(18)22)15(27)21-10(16(28)29)3-5-12(23)24/h7-10,30H,2-6,17H2,1H3,(H2,18,22)(H,19,26)(H,20,25)(H,21,27)(H,23,24)(H,28,29). The molecule has 0 aliphatic rings. The van der Waals surface area contributed by atoms with Gasteiger partial charge in [0.25, 0.3) is 0 Å². The first-order valence-corrected chi connectivity index (χ1v) is 9.52. The molecule has 170 valence electrons. The first-order chi connectivity index (χ1) is 13.9. The molecule has 0 radical (unpaired) electrons. The summed E-state index contributed by atoms with van der Waals surface area (Å²) in [5.74, 6) is -5.83. The van der Waals surface area contributed by atoms with Crippen molar-refractivity contribution in [2.24, 2.45) is 11.5 Å². The quantitative estimate of drug-likeness (QED) is 0.126. The maximum atomic E-state index is 12.4. The average Bonchev–Trinajstić information content (AvgIpc) is 2.66. The summed E-state index contributed by atoms with van der Waals surface area (Å²) in [5, 5.41) is 24.6. The van der Waals surface area contributed by atoms with Crippen LogP contribution in [0.25, 0.3) is 0 Å². The van der Waals surface area contributed by atoms with Crippen molar-refractivity contribution in [2.45, 2.75) is 56.8 Å². The van der Waals surface area contributed by atoms with E-state index in [4.69, 9.17) is 21.7 Å². The number of thiol groups is 1. The molecular weight excluding hydrogens is 422 g/mol. The van der Waals surface area contributed by atoms with E-state index in [1.807, 2.05) is 0 Å². The average molecular weight is 449 g/mol. The number of carboxylic acid groups (broad SMARTS) is 2. The molecule has 30 heavy (non-hydrogen) atoms. The Kier molecular flexibility index (Phi) is 12.1. The minimum Gasteiger partial charge on any atom is -0.481 e. The number of carbonyl (C=O) groups is 6. The lowest BCUT2D eigenvalue weighted by Gasteiger charge is -2.23. The van der Waals surface area contributed by atoms with Crippen molar-refractivity contribution in [3.8, 4) is 0 Å². The van der Waals surface area contributed by atoms with Crippen LogP contribution in [0.3, 0.4) is 0 Å². The fraction of sp³-hybridized carbons (Fsp3) is 0.625. The van der Waals surface area contributed by atoms with E-state index < -0.39 is 66.2 Å².